The fraction of sp³-hybridized carbons (Fsp3) is 0.882. The third-order valence-electron chi connectivity index (χ3n) is 4.17. The van der Waals surface area contributed by atoms with E-state index in [1.54, 1.807) is 4.90 Å². The van der Waals surface area contributed by atoms with Crippen molar-refractivity contribution in [3.05, 3.63) is 0 Å². The molecule has 0 aromatic rings. The van der Waals surface area contributed by atoms with Crippen LogP contribution in [0.4, 0.5) is 0 Å². The number of unbranched alkanes of at least 4 members (excludes halogenated alkanes) is 7. The molecule has 0 aromatic heterocycles. The topological polar surface area (TPSA) is 46.6 Å². The first kappa shape index (κ1) is 18.0. The number of hydrogen-bond acceptors (Lipinski definition) is 3. The standard InChI is InChI=1S/C17H31NO3/c1-3-4-5-6-7-8-9-10-14-21-17(20)16-12-11-13-18(16)15(2)19/h16H,3-14H2,1-2H3. The molecule has 21 heavy (non-hydrogen) atoms. The molecule has 0 aromatic carbocycles. The van der Waals surface area contributed by atoms with Gasteiger partial charge >= 0.3 is 5.97 Å². The number of carbonyl (C=O) groups is 2. The molecule has 0 spiro atoms. The summed E-state index contributed by atoms with van der Waals surface area (Å²) in [7, 11) is 0. The average Bonchev–Trinajstić information content (AvgIpc) is 2.95. The van der Waals surface area contributed by atoms with Crippen LogP contribution in [-0.4, -0.2) is 36.0 Å². The van der Waals surface area contributed by atoms with Crippen molar-refractivity contribution in [2.45, 2.75) is 84.1 Å². The summed E-state index contributed by atoms with van der Waals surface area (Å²) in [6.45, 7) is 4.93. The fourth-order valence-corrected chi connectivity index (χ4v) is 2.89. The van der Waals surface area contributed by atoms with E-state index in [0.717, 1.165) is 25.7 Å². The van der Waals surface area contributed by atoms with E-state index >= 15 is 0 Å². The van der Waals surface area contributed by atoms with Crippen LogP contribution in [0.2, 0.25) is 0 Å². The predicted molar refractivity (Wildman–Crippen MR) is 84.0 cm³/mol. The maximum absolute atomic E-state index is 12.0. The van der Waals surface area contributed by atoms with E-state index in [1.165, 1.54) is 45.4 Å². The smallest absolute Gasteiger partial charge is 0.328 e. The molecule has 4 heteroatoms. The number of ether oxygens (including phenoxy) is 1. The Bertz CT molecular complexity index is 317. The lowest BCUT2D eigenvalue weighted by Gasteiger charge is -2.21. The monoisotopic (exact) mass is 297 g/mol. The number of carbonyl (C=O) groups excluding carboxylic acids is 2. The number of likely N-dealkylation sites (tertiary alicyclic amines) is 1. The number of amides is 1. The minimum absolute atomic E-state index is 0.0264. The van der Waals surface area contributed by atoms with Crippen molar-refractivity contribution in [3.63, 3.8) is 0 Å². The fourth-order valence-electron chi connectivity index (χ4n) is 2.89. The van der Waals surface area contributed by atoms with E-state index in [-0.39, 0.29) is 17.9 Å². The van der Waals surface area contributed by atoms with E-state index in [9.17, 15) is 9.59 Å². The van der Waals surface area contributed by atoms with Crippen molar-refractivity contribution in [3.8, 4) is 0 Å². The molecule has 1 rings (SSSR count). The Morgan fingerprint density at radius 1 is 1.05 bits per heavy atom. The summed E-state index contributed by atoms with van der Waals surface area (Å²) in [5.74, 6) is -0.243. The minimum Gasteiger partial charge on any atom is -0.464 e. The lowest BCUT2D eigenvalue weighted by atomic mass is 10.1. The summed E-state index contributed by atoms with van der Waals surface area (Å²) < 4.78 is 5.32. The Morgan fingerprint density at radius 2 is 1.67 bits per heavy atom. The van der Waals surface area contributed by atoms with Crippen molar-refractivity contribution < 1.29 is 14.3 Å². The van der Waals surface area contributed by atoms with E-state index < -0.39 is 0 Å². The molecule has 0 saturated carbocycles. The van der Waals surface area contributed by atoms with Crippen LogP contribution in [0.25, 0.3) is 0 Å². The van der Waals surface area contributed by atoms with Gasteiger partial charge in [-0.1, -0.05) is 51.9 Å². The first-order valence-electron chi connectivity index (χ1n) is 8.60. The highest BCUT2D eigenvalue weighted by atomic mass is 16.5. The SMILES string of the molecule is CCCCCCCCCCOC(=O)C1CCCN1C(C)=O. The van der Waals surface area contributed by atoms with Gasteiger partial charge in [0.2, 0.25) is 5.91 Å². The van der Waals surface area contributed by atoms with Crippen LogP contribution in [0, 0.1) is 0 Å². The minimum atomic E-state index is -0.337. The molecule has 1 atom stereocenters. The van der Waals surface area contributed by atoms with Crippen molar-refractivity contribution in [1.82, 2.24) is 4.90 Å². The van der Waals surface area contributed by atoms with Gasteiger partial charge in [0.15, 0.2) is 0 Å². The van der Waals surface area contributed by atoms with Gasteiger partial charge in [-0.15, -0.1) is 0 Å². The van der Waals surface area contributed by atoms with Crippen molar-refractivity contribution in [1.29, 1.82) is 0 Å². The van der Waals surface area contributed by atoms with E-state index in [1.807, 2.05) is 0 Å². The summed E-state index contributed by atoms with van der Waals surface area (Å²) in [5.41, 5.74) is 0. The third kappa shape index (κ3) is 6.96. The number of nitrogens with zero attached hydrogens (tertiary/aromatic N) is 1. The van der Waals surface area contributed by atoms with Crippen LogP contribution in [-0.2, 0) is 14.3 Å². The molecule has 0 radical (unpaired) electrons. The van der Waals surface area contributed by atoms with E-state index in [2.05, 4.69) is 6.92 Å². The van der Waals surface area contributed by atoms with Gasteiger partial charge in [-0.05, 0) is 19.3 Å². The second-order valence-electron chi connectivity index (χ2n) is 6.01. The van der Waals surface area contributed by atoms with Gasteiger partial charge in [0.1, 0.15) is 6.04 Å². The quantitative estimate of drug-likeness (QED) is 0.456. The lowest BCUT2D eigenvalue weighted by Crippen LogP contribution is -2.40. The number of hydrogen-bond donors (Lipinski definition) is 0. The molecule has 1 heterocycles. The van der Waals surface area contributed by atoms with Gasteiger partial charge in [-0.25, -0.2) is 4.79 Å². The van der Waals surface area contributed by atoms with Crippen molar-refractivity contribution in [2.24, 2.45) is 0 Å². The normalized spacial score (nSPS) is 18.0. The molecule has 4 nitrogen and oxygen atoms in total. The zero-order chi connectivity index (χ0) is 15.5. The number of esters is 1. The Kier molecular flexibility index (Phi) is 9.11. The highest BCUT2D eigenvalue weighted by molar-refractivity contribution is 5.83. The van der Waals surface area contributed by atoms with Gasteiger partial charge in [-0.2, -0.15) is 0 Å². The van der Waals surface area contributed by atoms with Crippen LogP contribution >= 0.6 is 0 Å². The van der Waals surface area contributed by atoms with E-state index in [4.69, 9.17) is 4.74 Å². The van der Waals surface area contributed by atoms with Gasteiger partial charge in [0.25, 0.3) is 0 Å². The first-order valence-corrected chi connectivity index (χ1v) is 8.60. The molecular formula is C17H31NO3. The molecule has 0 aliphatic carbocycles. The first-order chi connectivity index (χ1) is 10.2. The highest BCUT2D eigenvalue weighted by Gasteiger charge is 2.33. The van der Waals surface area contributed by atoms with Crippen molar-refractivity contribution >= 4 is 11.9 Å². The van der Waals surface area contributed by atoms with Gasteiger partial charge in [-0.3, -0.25) is 4.79 Å². The summed E-state index contributed by atoms with van der Waals surface area (Å²) >= 11 is 0. The van der Waals surface area contributed by atoms with Crippen molar-refractivity contribution in [2.75, 3.05) is 13.2 Å². The molecule has 1 aliphatic heterocycles. The second-order valence-corrected chi connectivity index (χ2v) is 6.01. The van der Waals surface area contributed by atoms with Crippen LogP contribution in [0.5, 0.6) is 0 Å². The van der Waals surface area contributed by atoms with Crippen LogP contribution in [0.3, 0.4) is 0 Å². The summed E-state index contributed by atoms with van der Waals surface area (Å²) in [5, 5.41) is 0. The maximum atomic E-state index is 12.0. The molecule has 1 unspecified atom stereocenters. The van der Waals surface area contributed by atoms with Crippen LogP contribution in [0.15, 0.2) is 0 Å². The van der Waals surface area contributed by atoms with Crippen LogP contribution < -0.4 is 0 Å². The summed E-state index contributed by atoms with van der Waals surface area (Å²) in [4.78, 5) is 25.0. The molecule has 1 fully saturated rings. The van der Waals surface area contributed by atoms with Gasteiger partial charge in [0.05, 0.1) is 6.61 Å². The molecule has 0 bridgehead atoms. The maximum Gasteiger partial charge on any atom is 0.328 e. The Labute approximate surface area is 129 Å². The third-order valence-corrected chi connectivity index (χ3v) is 4.17. The van der Waals surface area contributed by atoms with E-state index in [0.29, 0.717) is 13.2 Å². The highest BCUT2D eigenvalue weighted by Crippen LogP contribution is 2.18. The zero-order valence-electron chi connectivity index (χ0n) is 13.7. The Morgan fingerprint density at radius 3 is 2.29 bits per heavy atom. The van der Waals surface area contributed by atoms with Gasteiger partial charge in [0, 0.05) is 13.5 Å². The molecule has 1 saturated heterocycles. The lowest BCUT2D eigenvalue weighted by molar-refractivity contribution is -0.153. The summed E-state index contributed by atoms with van der Waals surface area (Å²) in [6, 6.07) is -0.337. The van der Waals surface area contributed by atoms with Crippen LogP contribution in [0.1, 0.15) is 78.1 Å². The average molecular weight is 297 g/mol. The Hall–Kier alpha value is -1.06. The largest absolute Gasteiger partial charge is 0.464 e. The van der Waals surface area contributed by atoms with Gasteiger partial charge < -0.3 is 9.64 Å². The molecule has 1 amide bonds. The molecule has 122 valence electrons. The zero-order valence-corrected chi connectivity index (χ0v) is 13.7. The molecule has 1 aliphatic rings. The molecular weight excluding hydrogens is 266 g/mol. The molecule has 0 N–H and O–H groups in total. The Balaban J connectivity index is 2.02. The predicted octanol–water partition coefficient (Wildman–Crippen LogP) is 3.68. The second kappa shape index (κ2) is 10.6. The number of rotatable bonds is 10. The summed E-state index contributed by atoms with van der Waals surface area (Å²) in [6.07, 6.45) is 11.5.